The Hall–Kier alpha value is -2.91. The number of nitrogens with two attached hydrogens (primary N) is 1. The fraction of sp³-hybridized carbons (Fsp3) is 0.409. The molecule has 1 aromatic carbocycles. The summed E-state index contributed by atoms with van der Waals surface area (Å²) >= 11 is 1.27. The number of hydrogen-bond donors (Lipinski definition) is 2. The van der Waals surface area contributed by atoms with Gasteiger partial charge in [0.05, 0.1) is 19.2 Å². The Balaban J connectivity index is 1.44. The lowest BCUT2D eigenvalue weighted by Gasteiger charge is -2.22. The standard InChI is InChI=1S/C22H28N4O4S/c1-30-17-6-3-16(4-7-17)5-8-20(28)26-11-2-10-25(12-13-26)15-19(27)24-22-18(21(23)29)9-14-31-22/h3-4,6-7,9,14H,2,5,8,10-13,15H2,1H3,(H2,23,29)(H,24,27). The van der Waals surface area contributed by atoms with Crippen LogP contribution in [-0.4, -0.2) is 67.4 Å². The molecule has 1 aliphatic heterocycles. The monoisotopic (exact) mass is 444 g/mol. The minimum Gasteiger partial charge on any atom is -0.497 e. The normalized spacial score (nSPS) is 14.7. The van der Waals surface area contributed by atoms with Crippen molar-refractivity contribution in [2.45, 2.75) is 19.3 Å². The number of ether oxygens (including phenoxy) is 1. The lowest BCUT2D eigenvalue weighted by Crippen LogP contribution is -2.38. The fourth-order valence-electron chi connectivity index (χ4n) is 3.55. The van der Waals surface area contributed by atoms with Gasteiger partial charge in [-0.2, -0.15) is 0 Å². The molecule has 0 atom stereocenters. The number of thiophene rings is 1. The quantitative estimate of drug-likeness (QED) is 0.648. The van der Waals surface area contributed by atoms with Crippen molar-refractivity contribution in [1.82, 2.24) is 9.80 Å². The summed E-state index contributed by atoms with van der Waals surface area (Å²) in [6, 6.07) is 9.36. The molecule has 0 spiro atoms. The Morgan fingerprint density at radius 1 is 1.10 bits per heavy atom. The van der Waals surface area contributed by atoms with E-state index in [2.05, 4.69) is 5.32 Å². The Labute approximate surface area is 186 Å². The maximum atomic E-state index is 12.7. The number of carbonyl (C=O) groups is 3. The summed E-state index contributed by atoms with van der Waals surface area (Å²) in [5, 5.41) is 4.96. The average molecular weight is 445 g/mol. The maximum Gasteiger partial charge on any atom is 0.251 e. The van der Waals surface area contributed by atoms with E-state index in [1.54, 1.807) is 18.6 Å². The van der Waals surface area contributed by atoms with Crippen molar-refractivity contribution in [3.05, 3.63) is 46.8 Å². The summed E-state index contributed by atoms with van der Waals surface area (Å²) in [6.07, 6.45) is 1.96. The number of primary amides is 1. The van der Waals surface area contributed by atoms with Crippen molar-refractivity contribution in [1.29, 1.82) is 0 Å². The molecule has 3 N–H and O–H groups in total. The zero-order valence-electron chi connectivity index (χ0n) is 17.6. The van der Waals surface area contributed by atoms with E-state index in [1.165, 1.54) is 11.3 Å². The zero-order chi connectivity index (χ0) is 22.2. The number of anilines is 1. The van der Waals surface area contributed by atoms with E-state index in [1.807, 2.05) is 34.1 Å². The van der Waals surface area contributed by atoms with Crippen LogP contribution < -0.4 is 15.8 Å². The van der Waals surface area contributed by atoms with Crippen molar-refractivity contribution >= 4 is 34.1 Å². The first-order valence-corrected chi connectivity index (χ1v) is 11.1. The van der Waals surface area contributed by atoms with Crippen LogP contribution in [-0.2, 0) is 16.0 Å². The van der Waals surface area contributed by atoms with Gasteiger partial charge in [0.25, 0.3) is 5.91 Å². The molecule has 0 saturated carbocycles. The van der Waals surface area contributed by atoms with Crippen molar-refractivity contribution in [3.8, 4) is 5.75 Å². The van der Waals surface area contributed by atoms with E-state index in [4.69, 9.17) is 10.5 Å². The largest absolute Gasteiger partial charge is 0.497 e. The number of aryl methyl sites for hydroxylation is 1. The predicted octanol–water partition coefficient (Wildman–Crippen LogP) is 1.96. The number of rotatable bonds is 8. The Kier molecular flexibility index (Phi) is 8.02. The second kappa shape index (κ2) is 10.9. The van der Waals surface area contributed by atoms with Crippen molar-refractivity contribution in [3.63, 3.8) is 0 Å². The molecule has 1 fully saturated rings. The molecule has 2 heterocycles. The summed E-state index contributed by atoms with van der Waals surface area (Å²) in [6.45, 7) is 2.87. The van der Waals surface area contributed by atoms with Crippen LogP contribution in [0.15, 0.2) is 35.7 Å². The Bertz CT molecular complexity index is 912. The molecule has 1 saturated heterocycles. The molecule has 166 valence electrons. The van der Waals surface area contributed by atoms with Crippen LogP contribution in [0.5, 0.6) is 5.75 Å². The van der Waals surface area contributed by atoms with Gasteiger partial charge in [-0.1, -0.05) is 12.1 Å². The van der Waals surface area contributed by atoms with E-state index in [0.717, 1.165) is 24.3 Å². The van der Waals surface area contributed by atoms with Gasteiger partial charge in [-0.3, -0.25) is 19.3 Å². The average Bonchev–Trinajstić information content (AvgIpc) is 3.10. The minimum absolute atomic E-state index is 0.131. The molecule has 2 aromatic rings. The van der Waals surface area contributed by atoms with Gasteiger partial charge < -0.3 is 20.7 Å². The van der Waals surface area contributed by atoms with Gasteiger partial charge >= 0.3 is 0 Å². The molecule has 0 radical (unpaired) electrons. The number of nitrogens with one attached hydrogen (secondary N) is 1. The molecule has 9 heteroatoms. The van der Waals surface area contributed by atoms with Gasteiger partial charge in [0, 0.05) is 32.6 Å². The highest BCUT2D eigenvalue weighted by Crippen LogP contribution is 2.22. The summed E-state index contributed by atoms with van der Waals surface area (Å²) in [5.41, 5.74) is 6.75. The van der Waals surface area contributed by atoms with E-state index >= 15 is 0 Å². The summed E-state index contributed by atoms with van der Waals surface area (Å²) in [4.78, 5) is 40.4. The van der Waals surface area contributed by atoms with Crippen LogP contribution in [0.2, 0.25) is 0 Å². The number of nitrogens with zero attached hydrogens (tertiary/aromatic N) is 2. The van der Waals surface area contributed by atoms with Gasteiger partial charge in [0.1, 0.15) is 10.8 Å². The molecule has 1 aromatic heterocycles. The molecule has 0 unspecified atom stereocenters. The van der Waals surface area contributed by atoms with Crippen LogP contribution in [0.4, 0.5) is 5.00 Å². The molecular formula is C22H28N4O4S. The Morgan fingerprint density at radius 2 is 1.87 bits per heavy atom. The number of methoxy groups -OCH3 is 1. The topological polar surface area (TPSA) is 105 Å². The van der Waals surface area contributed by atoms with Gasteiger partial charge in [0.2, 0.25) is 11.8 Å². The second-order valence-electron chi connectivity index (χ2n) is 7.43. The van der Waals surface area contributed by atoms with Gasteiger partial charge in [-0.25, -0.2) is 0 Å². The lowest BCUT2D eigenvalue weighted by molar-refractivity contribution is -0.131. The molecule has 1 aliphatic rings. The van der Waals surface area contributed by atoms with Gasteiger partial charge in [-0.05, 0) is 42.0 Å². The van der Waals surface area contributed by atoms with E-state index in [9.17, 15) is 14.4 Å². The van der Waals surface area contributed by atoms with Crippen molar-refractivity contribution in [2.24, 2.45) is 5.73 Å². The predicted molar refractivity (Wildman–Crippen MR) is 120 cm³/mol. The zero-order valence-corrected chi connectivity index (χ0v) is 18.5. The third kappa shape index (κ3) is 6.53. The third-order valence-electron chi connectivity index (χ3n) is 5.28. The molecule has 3 amide bonds. The molecule has 0 aliphatic carbocycles. The summed E-state index contributed by atoms with van der Waals surface area (Å²) in [7, 11) is 1.63. The van der Waals surface area contributed by atoms with Crippen molar-refractivity contribution in [2.75, 3.05) is 45.2 Å². The molecular weight excluding hydrogens is 416 g/mol. The lowest BCUT2D eigenvalue weighted by atomic mass is 10.1. The van der Waals surface area contributed by atoms with E-state index < -0.39 is 5.91 Å². The third-order valence-corrected chi connectivity index (χ3v) is 6.11. The molecule has 3 rings (SSSR count). The Morgan fingerprint density at radius 3 is 2.58 bits per heavy atom. The SMILES string of the molecule is COc1ccc(CCC(=O)N2CCCN(CC(=O)Nc3sccc3C(N)=O)CC2)cc1. The summed E-state index contributed by atoms with van der Waals surface area (Å²) in [5.74, 6) is 0.183. The first-order valence-electron chi connectivity index (χ1n) is 10.3. The van der Waals surface area contributed by atoms with Crippen LogP contribution >= 0.6 is 11.3 Å². The van der Waals surface area contributed by atoms with Crippen LogP contribution in [0.1, 0.15) is 28.8 Å². The van der Waals surface area contributed by atoms with Crippen molar-refractivity contribution < 1.29 is 19.1 Å². The van der Waals surface area contributed by atoms with Crippen LogP contribution in [0.25, 0.3) is 0 Å². The first kappa shape index (κ1) is 22.8. The van der Waals surface area contributed by atoms with Crippen LogP contribution in [0.3, 0.4) is 0 Å². The highest BCUT2D eigenvalue weighted by Gasteiger charge is 2.21. The smallest absolute Gasteiger partial charge is 0.251 e. The fourth-order valence-corrected chi connectivity index (χ4v) is 4.36. The van der Waals surface area contributed by atoms with E-state index in [-0.39, 0.29) is 18.4 Å². The van der Waals surface area contributed by atoms with Gasteiger partial charge in [-0.15, -0.1) is 11.3 Å². The molecule has 31 heavy (non-hydrogen) atoms. The first-order chi connectivity index (χ1) is 15.0. The second-order valence-corrected chi connectivity index (χ2v) is 8.35. The number of hydrogen-bond acceptors (Lipinski definition) is 6. The highest BCUT2D eigenvalue weighted by molar-refractivity contribution is 7.14. The minimum atomic E-state index is -0.560. The number of benzene rings is 1. The number of amides is 3. The molecule has 0 bridgehead atoms. The van der Waals surface area contributed by atoms with E-state index in [0.29, 0.717) is 43.0 Å². The van der Waals surface area contributed by atoms with Crippen LogP contribution in [0, 0.1) is 0 Å². The number of carbonyl (C=O) groups excluding carboxylic acids is 3. The summed E-state index contributed by atoms with van der Waals surface area (Å²) < 4.78 is 5.16. The van der Waals surface area contributed by atoms with Gasteiger partial charge in [0.15, 0.2) is 0 Å². The molecule has 8 nitrogen and oxygen atoms in total. The highest BCUT2D eigenvalue weighted by atomic mass is 32.1. The maximum absolute atomic E-state index is 12.7.